The Bertz CT molecular complexity index is 726. The zero-order chi connectivity index (χ0) is 19.0. The van der Waals surface area contributed by atoms with Gasteiger partial charge in [0.05, 0.1) is 9.75 Å². The van der Waals surface area contributed by atoms with E-state index in [1.807, 2.05) is 0 Å². The van der Waals surface area contributed by atoms with Crippen molar-refractivity contribution >= 4 is 28.9 Å². The fraction of sp³-hybridized carbons (Fsp3) is 0.650. The third kappa shape index (κ3) is 3.80. The number of thiophene rings is 1. The van der Waals surface area contributed by atoms with Crippen molar-refractivity contribution < 1.29 is 19.1 Å². The lowest BCUT2D eigenvalue weighted by molar-refractivity contribution is -0.151. The molecule has 0 spiro atoms. The van der Waals surface area contributed by atoms with Crippen molar-refractivity contribution in [3.8, 4) is 0 Å². The maximum atomic E-state index is 12.9. The number of nitrogens with zero attached hydrogens (tertiary/aromatic N) is 1. The average molecular weight is 391 g/mol. The molecule has 4 atom stereocenters. The average Bonchev–Trinajstić information content (AvgIpc) is 3.32. The highest BCUT2D eigenvalue weighted by atomic mass is 32.1. The Morgan fingerprint density at radius 3 is 2.37 bits per heavy atom. The summed E-state index contributed by atoms with van der Waals surface area (Å²) in [5, 5.41) is 3.14. The number of hydrogen-bond donors (Lipinski definition) is 1. The Labute approximate surface area is 163 Å². The van der Waals surface area contributed by atoms with Gasteiger partial charge in [0.25, 0.3) is 11.8 Å². The molecule has 2 amide bonds. The molecule has 146 valence electrons. The van der Waals surface area contributed by atoms with E-state index in [2.05, 4.69) is 10.2 Å². The lowest BCUT2D eigenvalue weighted by atomic mass is 9.81. The van der Waals surface area contributed by atoms with E-state index in [0.717, 1.165) is 44.9 Å². The first kappa shape index (κ1) is 18.6. The van der Waals surface area contributed by atoms with E-state index in [9.17, 15) is 14.4 Å². The Morgan fingerprint density at radius 2 is 1.78 bits per heavy atom. The number of fused-ring (bicyclic) bond motifs is 2. The number of carbonyl (C=O) groups is 3. The number of hydrogen-bond acceptors (Lipinski definition) is 5. The molecule has 4 rings (SSSR count). The van der Waals surface area contributed by atoms with E-state index in [-0.39, 0.29) is 41.8 Å². The third-order valence-corrected chi connectivity index (χ3v) is 7.13. The summed E-state index contributed by atoms with van der Waals surface area (Å²) in [5.74, 6) is 0.0142. The van der Waals surface area contributed by atoms with Gasteiger partial charge in [-0.1, -0.05) is 0 Å². The monoisotopic (exact) mass is 390 g/mol. The first-order chi connectivity index (χ1) is 13.0. The summed E-state index contributed by atoms with van der Waals surface area (Å²) in [6.45, 7) is 2.19. The molecule has 1 N–H and O–H groups in total. The van der Waals surface area contributed by atoms with Crippen molar-refractivity contribution in [2.45, 2.75) is 76.1 Å². The van der Waals surface area contributed by atoms with E-state index in [4.69, 9.17) is 4.74 Å². The van der Waals surface area contributed by atoms with Crippen LogP contribution >= 0.6 is 11.3 Å². The highest BCUT2D eigenvalue weighted by Crippen LogP contribution is 2.36. The molecule has 2 bridgehead atoms. The molecule has 7 heteroatoms. The number of carbonyl (C=O) groups excluding carboxylic acids is 3. The number of rotatable bonds is 4. The van der Waals surface area contributed by atoms with Crippen LogP contribution in [0.1, 0.15) is 71.2 Å². The van der Waals surface area contributed by atoms with Crippen molar-refractivity contribution in [3.05, 3.63) is 21.9 Å². The van der Waals surface area contributed by atoms with Crippen molar-refractivity contribution in [1.29, 1.82) is 0 Å². The molecule has 27 heavy (non-hydrogen) atoms. The van der Waals surface area contributed by atoms with Crippen LogP contribution in [0.4, 0.5) is 0 Å². The van der Waals surface area contributed by atoms with Crippen LogP contribution in [0.5, 0.6) is 0 Å². The summed E-state index contributed by atoms with van der Waals surface area (Å²) >= 11 is 1.24. The van der Waals surface area contributed by atoms with Crippen LogP contribution < -0.4 is 5.32 Å². The van der Waals surface area contributed by atoms with Gasteiger partial charge >= 0.3 is 0 Å². The SMILES string of the molecule is CC(=O)c1ccc(C(=O)NC2C[C@H]3CCC[C@@H](C2)N3C(=O)C2CCCO2)s1. The second-order valence-corrected chi connectivity index (χ2v) is 8.93. The number of Topliss-reactive ketones (excluding diaryl/α,β-unsaturated/α-hetero) is 1. The number of ketones is 1. The van der Waals surface area contributed by atoms with Crippen LogP contribution in [0.3, 0.4) is 0 Å². The first-order valence-electron chi connectivity index (χ1n) is 9.88. The largest absolute Gasteiger partial charge is 0.368 e. The molecule has 4 heterocycles. The summed E-state index contributed by atoms with van der Waals surface area (Å²) in [6.07, 6.45) is 6.24. The van der Waals surface area contributed by atoms with Crippen molar-refractivity contribution in [1.82, 2.24) is 10.2 Å². The first-order valence-corrected chi connectivity index (χ1v) is 10.7. The molecule has 1 aromatic rings. The molecular weight excluding hydrogens is 364 g/mol. The molecule has 0 radical (unpaired) electrons. The van der Waals surface area contributed by atoms with Crippen LogP contribution in [0.25, 0.3) is 0 Å². The van der Waals surface area contributed by atoms with Gasteiger partial charge in [-0.2, -0.15) is 0 Å². The molecular formula is C20H26N2O4S. The molecule has 3 aliphatic rings. The number of piperidine rings is 2. The smallest absolute Gasteiger partial charge is 0.261 e. The van der Waals surface area contributed by atoms with Crippen molar-refractivity contribution in [2.24, 2.45) is 0 Å². The van der Waals surface area contributed by atoms with E-state index < -0.39 is 0 Å². The summed E-state index contributed by atoms with van der Waals surface area (Å²) < 4.78 is 5.62. The Morgan fingerprint density at radius 1 is 1.07 bits per heavy atom. The lowest BCUT2D eigenvalue weighted by Gasteiger charge is -2.49. The van der Waals surface area contributed by atoms with Crippen LogP contribution in [-0.2, 0) is 9.53 Å². The highest BCUT2D eigenvalue weighted by Gasteiger charge is 2.43. The highest BCUT2D eigenvalue weighted by molar-refractivity contribution is 7.15. The molecule has 0 saturated carbocycles. The Hall–Kier alpha value is -1.73. The second kappa shape index (κ2) is 7.72. The zero-order valence-corrected chi connectivity index (χ0v) is 16.4. The lowest BCUT2D eigenvalue weighted by Crippen LogP contribution is -2.60. The summed E-state index contributed by atoms with van der Waals surface area (Å²) in [6, 6.07) is 3.88. The number of ether oxygens (including phenoxy) is 1. The number of amides is 2. The second-order valence-electron chi connectivity index (χ2n) is 7.85. The topological polar surface area (TPSA) is 75.7 Å². The minimum Gasteiger partial charge on any atom is -0.368 e. The fourth-order valence-corrected chi connectivity index (χ4v) is 5.51. The minimum atomic E-state index is -0.268. The van der Waals surface area contributed by atoms with Gasteiger partial charge in [0.1, 0.15) is 6.10 Å². The van der Waals surface area contributed by atoms with Gasteiger partial charge in [0, 0.05) is 24.7 Å². The van der Waals surface area contributed by atoms with Crippen LogP contribution in [0.15, 0.2) is 12.1 Å². The minimum absolute atomic E-state index is 0.0189. The fourth-order valence-electron chi connectivity index (χ4n) is 4.70. The van der Waals surface area contributed by atoms with Crippen LogP contribution in [0.2, 0.25) is 0 Å². The van der Waals surface area contributed by atoms with Crippen molar-refractivity contribution in [2.75, 3.05) is 6.61 Å². The van der Waals surface area contributed by atoms with E-state index in [0.29, 0.717) is 16.4 Å². The quantitative estimate of drug-likeness (QED) is 0.802. The van der Waals surface area contributed by atoms with Gasteiger partial charge in [-0.05, 0) is 64.0 Å². The maximum Gasteiger partial charge on any atom is 0.261 e. The summed E-state index contributed by atoms with van der Waals surface area (Å²) in [4.78, 5) is 40.2. The normalized spacial score (nSPS) is 30.2. The molecule has 0 aromatic carbocycles. The Kier molecular flexibility index (Phi) is 5.32. The molecule has 3 aliphatic heterocycles. The maximum absolute atomic E-state index is 12.9. The Balaban J connectivity index is 1.41. The summed E-state index contributed by atoms with van der Waals surface area (Å²) in [5.41, 5.74) is 0. The van der Waals surface area contributed by atoms with E-state index in [1.54, 1.807) is 12.1 Å². The van der Waals surface area contributed by atoms with Gasteiger partial charge in [-0.25, -0.2) is 0 Å². The predicted molar refractivity (Wildman–Crippen MR) is 102 cm³/mol. The van der Waals surface area contributed by atoms with Gasteiger partial charge in [0.15, 0.2) is 5.78 Å². The standard InChI is InChI=1S/C20H26N2O4S/c1-12(23)17-7-8-18(27-17)19(24)21-13-10-14-4-2-5-15(11-13)22(14)20(25)16-6-3-9-26-16/h7-8,13-16H,2-6,9-11H2,1H3,(H,21,24)/t13?,14-,15+,16?. The predicted octanol–water partition coefficient (Wildman–Crippen LogP) is 2.77. The zero-order valence-electron chi connectivity index (χ0n) is 15.6. The summed E-state index contributed by atoms with van der Waals surface area (Å²) in [7, 11) is 0. The van der Waals surface area contributed by atoms with Gasteiger partial charge in [0.2, 0.25) is 0 Å². The number of nitrogens with one attached hydrogen (secondary N) is 1. The van der Waals surface area contributed by atoms with Gasteiger partial charge in [-0.15, -0.1) is 11.3 Å². The molecule has 3 fully saturated rings. The third-order valence-electron chi connectivity index (χ3n) is 5.95. The van der Waals surface area contributed by atoms with E-state index in [1.165, 1.54) is 18.3 Å². The van der Waals surface area contributed by atoms with Crippen LogP contribution in [-0.4, -0.2) is 53.3 Å². The molecule has 0 aliphatic carbocycles. The van der Waals surface area contributed by atoms with E-state index >= 15 is 0 Å². The van der Waals surface area contributed by atoms with Gasteiger partial charge in [-0.3, -0.25) is 14.4 Å². The molecule has 2 unspecified atom stereocenters. The molecule has 3 saturated heterocycles. The van der Waals surface area contributed by atoms with Gasteiger partial charge < -0.3 is 15.0 Å². The molecule has 6 nitrogen and oxygen atoms in total. The molecule has 1 aromatic heterocycles. The van der Waals surface area contributed by atoms with Crippen LogP contribution in [0, 0.1) is 0 Å². The van der Waals surface area contributed by atoms with Crippen molar-refractivity contribution in [3.63, 3.8) is 0 Å².